The van der Waals surface area contributed by atoms with Crippen molar-refractivity contribution in [3.63, 3.8) is 0 Å². The molecule has 10 heteroatoms. The Morgan fingerprint density at radius 3 is 2.63 bits per heavy atom. The molecule has 184 valence electrons. The van der Waals surface area contributed by atoms with Gasteiger partial charge in [0.1, 0.15) is 6.07 Å². The van der Waals surface area contributed by atoms with Crippen molar-refractivity contribution in [2.24, 2.45) is 11.8 Å². The Hall–Kier alpha value is -3.25. The average Bonchev–Trinajstić information content (AvgIpc) is 2.81. The molecule has 4 rings (SSSR count). The van der Waals surface area contributed by atoms with Gasteiger partial charge in [0.15, 0.2) is 0 Å². The maximum absolute atomic E-state index is 13.6. The van der Waals surface area contributed by atoms with Crippen LogP contribution in [-0.2, 0) is 24.1 Å². The van der Waals surface area contributed by atoms with Crippen molar-refractivity contribution in [2.45, 2.75) is 44.9 Å². The lowest BCUT2D eigenvalue weighted by molar-refractivity contribution is -0.145. The largest absolute Gasteiger partial charge is 0.481 e. The van der Waals surface area contributed by atoms with E-state index in [0.29, 0.717) is 29.1 Å². The summed E-state index contributed by atoms with van der Waals surface area (Å²) in [6.07, 6.45) is -1.80. The molecule has 1 N–H and O–H groups in total. The molecule has 0 aromatic heterocycles. The third-order valence-electron chi connectivity index (χ3n) is 6.77. The molecule has 2 aromatic carbocycles. The summed E-state index contributed by atoms with van der Waals surface area (Å²) in [6.45, 7) is 0.178. The molecule has 1 saturated carbocycles. The molecular weight excluding hydrogens is 483 g/mol. The van der Waals surface area contributed by atoms with Crippen LogP contribution in [-0.4, -0.2) is 28.6 Å². The van der Waals surface area contributed by atoms with Gasteiger partial charge < -0.3 is 10.0 Å². The first kappa shape index (κ1) is 24.9. The number of carboxylic acid groups (broad SMARTS) is 1. The molecule has 2 aliphatic rings. The number of carbonyl (C=O) groups is 2. The van der Waals surface area contributed by atoms with Gasteiger partial charge in [-0.15, -0.1) is 0 Å². The van der Waals surface area contributed by atoms with Gasteiger partial charge in [0.2, 0.25) is 0 Å². The Bertz CT molecular complexity index is 1190. The lowest BCUT2D eigenvalue weighted by Gasteiger charge is -2.40. The number of rotatable bonds is 5. The van der Waals surface area contributed by atoms with Crippen molar-refractivity contribution >= 4 is 29.3 Å². The smallest absolute Gasteiger partial charge is 0.417 e. The van der Waals surface area contributed by atoms with Crippen LogP contribution >= 0.6 is 11.6 Å². The van der Waals surface area contributed by atoms with E-state index >= 15 is 0 Å². The highest BCUT2D eigenvalue weighted by molar-refractivity contribution is 6.30. The van der Waals surface area contributed by atoms with Crippen LogP contribution in [0.1, 0.15) is 47.9 Å². The number of hydrogen-bond acceptors (Lipinski definition) is 3. The molecule has 1 aliphatic carbocycles. The van der Waals surface area contributed by atoms with Crippen molar-refractivity contribution in [1.82, 2.24) is 4.90 Å². The lowest BCUT2D eigenvalue weighted by Crippen LogP contribution is -2.49. The zero-order chi connectivity index (χ0) is 25.3. The maximum atomic E-state index is 13.6. The quantitative estimate of drug-likeness (QED) is 0.535. The van der Waals surface area contributed by atoms with Crippen molar-refractivity contribution in [3.8, 4) is 6.07 Å². The fraction of sp³-hybridized carbons (Fsp3) is 0.400. The van der Waals surface area contributed by atoms with Gasteiger partial charge in [0.05, 0.1) is 29.3 Å². The van der Waals surface area contributed by atoms with E-state index in [1.165, 1.54) is 21.9 Å². The van der Waals surface area contributed by atoms with E-state index in [4.69, 9.17) is 11.6 Å². The summed E-state index contributed by atoms with van der Waals surface area (Å²) in [5, 5.41) is 19.6. The van der Waals surface area contributed by atoms with Crippen molar-refractivity contribution in [2.75, 3.05) is 11.4 Å². The van der Waals surface area contributed by atoms with Gasteiger partial charge in [-0.3, -0.25) is 9.69 Å². The molecule has 35 heavy (non-hydrogen) atoms. The third kappa shape index (κ3) is 5.08. The minimum absolute atomic E-state index is 0.0690. The van der Waals surface area contributed by atoms with Crippen LogP contribution in [0, 0.1) is 23.2 Å². The summed E-state index contributed by atoms with van der Waals surface area (Å²) < 4.78 is 40.4. The number of benzene rings is 2. The van der Waals surface area contributed by atoms with Crippen LogP contribution in [0.15, 0.2) is 36.4 Å². The number of anilines is 1. The number of urea groups is 1. The highest BCUT2D eigenvalue weighted by Crippen LogP contribution is 2.38. The summed E-state index contributed by atoms with van der Waals surface area (Å²) in [5.41, 5.74) is -0.319. The van der Waals surface area contributed by atoms with E-state index in [1.807, 2.05) is 0 Å². The number of nitrogens with zero attached hydrogens (tertiary/aromatic N) is 3. The molecule has 2 unspecified atom stereocenters. The van der Waals surface area contributed by atoms with Gasteiger partial charge >= 0.3 is 18.2 Å². The van der Waals surface area contributed by atoms with E-state index in [-0.39, 0.29) is 31.1 Å². The number of hydrogen-bond donors (Lipinski definition) is 1. The number of halogens is 4. The van der Waals surface area contributed by atoms with Gasteiger partial charge in [-0.2, -0.15) is 18.4 Å². The SMILES string of the molecule is N#Cc1c(CN2C(=O)N(CC3CCCCC3C(=O)O)Cc3cc(Cl)ccc32)cccc1C(F)(F)F. The van der Waals surface area contributed by atoms with E-state index < -0.39 is 35.2 Å². The number of fused-ring (bicyclic) bond motifs is 1. The summed E-state index contributed by atoms with van der Waals surface area (Å²) in [7, 11) is 0. The summed E-state index contributed by atoms with van der Waals surface area (Å²) in [4.78, 5) is 28.2. The van der Waals surface area contributed by atoms with Gasteiger partial charge in [-0.05, 0) is 54.2 Å². The number of carboxylic acids is 1. The molecule has 0 bridgehead atoms. The number of nitriles is 1. The molecular formula is C25H23ClF3N3O3. The van der Waals surface area contributed by atoms with Gasteiger partial charge in [-0.1, -0.05) is 36.6 Å². The van der Waals surface area contributed by atoms with E-state index in [0.717, 1.165) is 18.9 Å². The monoisotopic (exact) mass is 505 g/mol. The standard InChI is InChI=1S/C25H23ClF3N3O3/c26-18-8-9-22-17(10-18)13-31(12-15-4-1-2-6-19(15)23(33)34)24(35)32(22)14-16-5-3-7-21(20(16)11-30)25(27,28)29/h3,5,7-10,15,19H,1-2,4,6,12-14H2,(H,33,34). The van der Waals surface area contributed by atoms with Crippen LogP contribution in [0.2, 0.25) is 5.02 Å². The predicted molar refractivity (Wildman–Crippen MR) is 123 cm³/mol. The molecule has 0 spiro atoms. The van der Waals surface area contributed by atoms with Gasteiger partial charge in [-0.25, -0.2) is 4.79 Å². The van der Waals surface area contributed by atoms with Crippen molar-refractivity contribution in [1.29, 1.82) is 5.26 Å². The van der Waals surface area contributed by atoms with Crippen LogP contribution in [0.3, 0.4) is 0 Å². The first-order chi connectivity index (χ1) is 16.6. The minimum atomic E-state index is -4.71. The Morgan fingerprint density at radius 1 is 1.20 bits per heavy atom. The molecule has 1 fully saturated rings. The third-order valence-corrected chi connectivity index (χ3v) is 7.01. The van der Waals surface area contributed by atoms with E-state index in [9.17, 15) is 33.1 Å². The van der Waals surface area contributed by atoms with E-state index in [1.54, 1.807) is 24.3 Å². The zero-order valence-electron chi connectivity index (χ0n) is 18.7. The second kappa shape index (κ2) is 9.78. The second-order valence-corrected chi connectivity index (χ2v) is 9.40. The van der Waals surface area contributed by atoms with Crippen LogP contribution in [0.25, 0.3) is 0 Å². The second-order valence-electron chi connectivity index (χ2n) is 8.96. The molecule has 2 amide bonds. The normalized spacial score (nSPS) is 20.4. The Kier molecular flexibility index (Phi) is 6.95. The average molecular weight is 506 g/mol. The maximum Gasteiger partial charge on any atom is 0.417 e. The van der Waals surface area contributed by atoms with Crippen LogP contribution < -0.4 is 4.90 Å². The molecule has 0 saturated heterocycles. The molecule has 2 atom stereocenters. The fourth-order valence-electron chi connectivity index (χ4n) is 5.09. The number of carbonyl (C=O) groups excluding carboxylic acids is 1. The topological polar surface area (TPSA) is 84.6 Å². The predicted octanol–water partition coefficient (Wildman–Crippen LogP) is 6.06. The zero-order valence-corrected chi connectivity index (χ0v) is 19.4. The number of amides is 2. The fourth-order valence-corrected chi connectivity index (χ4v) is 5.29. The van der Waals surface area contributed by atoms with Crippen molar-refractivity contribution in [3.05, 3.63) is 63.7 Å². The van der Waals surface area contributed by atoms with Crippen LogP contribution in [0.4, 0.5) is 23.7 Å². The molecule has 1 heterocycles. The first-order valence-electron chi connectivity index (χ1n) is 11.3. The first-order valence-corrected chi connectivity index (χ1v) is 11.6. The van der Waals surface area contributed by atoms with E-state index in [2.05, 4.69) is 0 Å². The number of alkyl halides is 3. The Morgan fingerprint density at radius 2 is 1.94 bits per heavy atom. The Balaban J connectivity index is 1.70. The molecule has 2 aromatic rings. The molecule has 6 nitrogen and oxygen atoms in total. The summed E-state index contributed by atoms with van der Waals surface area (Å²) in [6, 6.07) is 9.57. The van der Waals surface area contributed by atoms with Crippen LogP contribution in [0.5, 0.6) is 0 Å². The lowest BCUT2D eigenvalue weighted by atomic mass is 9.79. The van der Waals surface area contributed by atoms with Gasteiger partial charge in [0.25, 0.3) is 0 Å². The highest BCUT2D eigenvalue weighted by atomic mass is 35.5. The summed E-state index contributed by atoms with van der Waals surface area (Å²) in [5.74, 6) is -1.67. The van der Waals surface area contributed by atoms with Crippen molar-refractivity contribution < 1.29 is 27.9 Å². The molecule has 0 radical (unpaired) electrons. The number of aliphatic carboxylic acids is 1. The van der Waals surface area contributed by atoms with Gasteiger partial charge in [0, 0.05) is 18.1 Å². The minimum Gasteiger partial charge on any atom is -0.481 e. The molecule has 1 aliphatic heterocycles. The highest BCUT2D eigenvalue weighted by Gasteiger charge is 2.38. The Labute approximate surface area is 205 Å². The summed E-state index contributed by atoms with van der Waals surface area (Å²) >= 11 is 6.18.